The Morgan fingerprint density at radius 3 is 2.65 bits per heavy atom. The number of thiophene rings is 1. The molecule has 0 fully saturated rings. The third-order valence-electron chi connectivity index (χ3n) is 2.70. The lowest BCUT2D eigenvalue weighted by molar-refractivity contribution is 0.0780. The fraction of sp³-hybridized carbons (Fsp3) is 0.154. The van der Waals surface area contributed by atoms with E-state index in [1.807, 2.05) is 11.4 Å². The standard InChI is InChI=1S/C13H11BrF2N2OS/c1-18(5-7-2-12(14)20-6-7)13(19)8-3-11(17)10(16)4-9(8)15/h2-4,6H,5,17H2,1H3. The normalized spacial score (nSPS) is 10.6. The van der Waals surface area contributed by atoms with Crippen molar-refractivity contribution in [2.45, 2.75) is 6.54 Å². The predicted octanol–water partition coefficient (Wildman–Crippen LogP) is 3.64. The van der Waals surface area contributed by atoms with Gasteiger partial charge in [0.2, 0.25) is 0 Å². The number of amides is 1. The van der Waals surface area contributed by atoms with Crippen molar-refractivity contribution in [3.63, 3.8) is 0 Å². The number of hydrogen-bond donors (Lipinski definition) is 1. The van der Waals surface area contributed by atoms with Crippen molar-refractivity contribution in [1.82, 2.24) is 4.90 Å². The lowest BCUT2D eigenvalue weighted by atomic mass is 10.1. The van der Waals surface area contributed by atoms with E-state index >= 15 is 0 Å². The lowest BCUT2D eigenvalue weighted by Gasteiger charge is -2.17. The van der Waals surface area contributed by atoms with Gasteiger partial charge in [0.25, 0.3) is 5.91 Å². The third-order valence-corrected chi connectivity index (χ3v) is 4.26. The first-order valence-corrected chi connectivity index (χ1v) is 7.28. The van der Waals surface area contributed by atoms with Crippen LogP contribution in [0.25, 0.3) is 0 Å². The average Bonchev–Trinajstić information content (AvgIpc) is 2.78. The van der Waals surface area contributed by atoms with Crippen LogP contribution < -0.4 is 5.73 Å². The number of nitrogens with zero attached hydrogens (tertiary/aromatic N) is 1. The van der Waals surface area contributed by atoms with Gasteiger partial charge in [-0.15, -0.1) is 11.3 Å². The molecular formula is C13H11BrF2N2OS. The van der Waals surface area contributed by atoms with Gasteiger partial charge < -0.3 is 10.6 Å². The number of nitrogens with two attached hydrogens (primary N) is 1. The summed E-state index contributed by atoms with van der Waals surface area (Å²) in [7, 11) is 1.55. The molecule has 1 amide bonds. The predicted molar refractivity (Wildman–Crippen MR) is 78.6 cm³/mol. The van der Waals surface area contributed by atoms with Crippen molar-refractivity contribution in [3.8, 4) is 0 Å². The summed E-state index contributed by atoms with van der Waals surface area (Å²) >= 11 is 4.83. The molecule has 106 valence electrons. The molecule has 0 aliphatic rings. The highest BCUT2D eigenvalue weighted by Crippen LogP contribution is 2.23. The summed E-state index contributed by atoms with van der Waals surface area (Å²) < 4.78 is 27.7. The quantitative estimate of drug-likeness (QED) is 0.849. The third kappa shape index (κ3) is 3.16. The van der Waals surface area contributed by atoms with Gasteiger partial charge in [0.05, 0.1) is 15.0 Å². The number of carbonyl (C=O) groups is 1. The summed E-state index contributed by atoms with van der Waals surface area (Å²) in [5, 5.41) is 1.89. The molecular weight excluding hydrogens is 350 g/mol. The van der Waals surface area contributed by atoms with Crippen molar-refractivity contribution in [2.24, 2.45) is 0 Å². The molecule has 3 nitrogen and oxygen atoms in total. The van der Waals surface area contributed by atoms with Gasteiger partial charge in [-0.25, -0.2) is 8.78 Å². The fourth-order valence-electron chi connectivity index (χ4n) is 1.71. The monoisotopic (exact) mass is 360 g/mol. The molecule has 1 aromatic carbocycles. The molecule has 0 bridgehead atoms. The Morgan fingerprint density at radius 1 is 1.35 bits per heavy atom. The largest absolute Gasteiger partial charge is 0.396 e. The van der Waals surface area contributed by atoms with E-state index in [2.05, 4.69) is 15.9 Å². The van der Waals surface area contributed by atoms with Gasteiger partial charge in [-0.05, 0) is 39.0 Å². The van der Waals surface area contributed by atoms with Gasteiger partial charge in [-0.3, -0.25) is 4.79 Å². The minimum atomic E-state index is -0.917. The van der Waals surface area contributed by atoms with Crippen molar-refractivity contribution in [1.29, 1.82) is 0 Å². The molecule has 2 N–H and O–H groups in total. The molecule has 0 atom stereocenters. The van der Waals surface area contributed by atoms with Gasteiger partial charge in [-0.2, -0.15) is 0 Å². The number of hydrogen-bond acceptors (Lipinski definition) is 3. The van der Waals surface area contributed by atoms with E-state index in [4.69, 9.17) is 5.73 Å². The van der Waals surface area contributed by atoms with E-state index in [9.17, 15) is 13.6 Å². The SMILES string of the molecule is CN(Cc1csc(Br)c1)C(=O)c1cc(N)c(F)cc1F. The summed E-state index contributed by atoms with van der Waals surface area (Å²) in [6.07, 6.45) is 0. The zero-order valence-corrected chi connectivity index (χ0v) is 12.9. The summed E-state index contributed by atoms with van der Waals surface area (Å²) in [6, 6.07) is 3.52. The first-order chi connectivity index (χ1) is 9.38. The van der Waals surface area contributed by atoms with E-state index in [0.29, 0.717) is 12.6 Å². The Bertz CT molecular complexity index is 660. The van der Waals surface area contributed by atoms with E-state index in [1.165, 1.54) is 16.2 Å². The Labute approximate surface area is 127 Å². The number of halogens is 3. The highest BCUT2D eigenvalue weighted by molar-refractivity contribution is 9.11. The number of rotatable bonds is 3. The Hall–Kier alpha value is -1.47. The first-order valence-electron chi connectivity index (χ1n) is 5.61. The summed E-state index contributed by atoms with van der Waals surface area (Å²) in [5.41, 5.74) is 5.81. The highest BCUT2D eigenvalue weighted by Gasteiger charge is 2.19. The van der Waals surface area contributed by atoms with Crippen molar-refractivity contribution in [2.75, 3.05) is 12.8 Å². The van der Waals surface area contributed by atoms with Crippen LogP contribution in [0.5, 0.6) is 0 Å². The summed E-state index contributed by atoms with van der Waals surface area (Å²) in [4.78, 5) is 13.5. The van der Waals surface area contributed by atoms with Crippen LogP contribution in [0.3, 0.4) is 0 Å². The molecule has 7 heteroatoms. The molecule has 0 spiro atoms. The molecule has 0 aliphatic carbocycles. The molecule has 2 rings (SSSR count). The molecule has 0 saturated carbocycles. The number of benzene rings is 1. The van der Waals surface area contributed by atoms with Crippen LogP contribution in [0.2, 0.25) is 0 Å². The Kier molecular flexibility index (Phi) is 4.39. The van der Waals surface area contributed by atoms with Gasteiger partial charge in [0.15, 0.2) is 0 Å². The smallest absolute Gasteiger partial charge is 0.256 e. The van der Waals surface area contributed by atoms with Crippen LogP contribution in [-0.2, 0) is 6.54 Å². The molecule has 1 heterocycles. The minimum Gasteiger partial charge on any atom is -0.396 e. The van der Waals surface area contributed by atoms with Crippen molar-refractivity contribution in [3.05, 3.63) is 50.1 Å². The molecule has 1 aromatic heterocycles. The molecule has 0 saturated heterocycles. The zero-order chi connectivity index (χ0) is 14.9. The maximum Gasteiger partial charge on any atom is 0.256 e. The van der Waals surface area contributed by atoms with Crippen molar-refractivity contribution >= 4 is 38.9 Å². The van der Waals surface area contributed by atoms with Gasteiger partial charge >= 0.3 is 0 Å². The lowest BCUT2D eigenvalue weighted by Crippen LogP contribution is -2.27. The molecule has 20 heavy (non-hydrogen) atoms. The fourth-order valence-corrected chi connectivity index (χ4v) is 2.91. The molecule has 0 aliphatic heterocycles. The number of carbonyl (C=O) groups excluding carboxylic acids is 1. The van der Waals surface area contributed by atoms with E-state index in [0.717, 1.165) is 15.4 Å². The van der Waals surface area contributed by atoms with Crippen molar-refractivity contribution < 1.29 is 13.6 Å². The van der Waals surface area contributed by atoms with E-state index in [-0.39, 0.29) is 11.3 Å². The Balaban J connectivity index is 2.20. The molecule has 0 unspecified atom stereocenters. The second-order valence-corrected chi connectivity index (χ2v) is 6.56. The minimum absolute atomic E-state index is 0.235. The maximum absolute atomic E-state index is 13.6. The van der Waals surface area contributed by atoms with Crippen LogP contribution in [-0.4, -0.2) is 17.9 Å². The maximum atomic E-state index is 13.6. The van der Waals surface area contributed by atoms with Crippen LogP contribution in [0.4, 0.5) is 14.5 Å². The molecule has 0 radical (unpaired) electrons. The summed E-state index contributed by atoms with van der Waals surface area (Å²) in [6.45, 7) is 0.331. The van der Waals surface area contributed by atoms with Crippen LogP contribution in [0.15, 0.2) is 27.4 Å². The number of nitrogen functional groups attached to an aromatic ring is 1. The second kappa shape index (κ2) is 5.88. The van der Waals surface area contributed by atoms with Gasteiger partial charge in [0, 0.05) is 19.7 Å². The zero-order valence-electron chi connectivity index (χ0n) is 10.5. The second-order valence-electron chi connectivity index (χ2n) is 4.27. The molecule has 2 aromatic rings. The Morgan fingerprint density at radius 2 is 2.05 bits per heavy atom. The van der Waals surface area contributed by atoms with Gasteiger partial charge in [0.1, 0.15) is 11.6 Å². The average molecular weight is 361 g/mol. The van der Waals surface area contributed by atoms with Crippen LogP contribution in [0, 0.1) is 11.6 Å². The van der Waals surface area contributed by atoms with Gasteiger partial charge in [-0.1, -0.05) is 0 Å². The topological polar surface area (TPSA) is 46.3 Å². The van der Waals surface area contributed by atoms with Crippen LogP contribution in [0.1, 0.15) is 15.9 Å². The van der Waals surface area contributed by atoms with E-state index in [1.54, 1.807) is 7.05 Å². The van der Waals surface area contributed by atoms with Crippen LogP contribution >= 0.6 is 27.3 Å². The van der Waals surface area contributed by atoms with E-state index < -0.39 is 17.5 Å². The highest BCUT2D eigenvalue weighted by atomic mass is 79.9. The number of anilines is 1. The first kappa shape index (κ1) is 14.9. The summed E-state index contributed by atoms with van der Waals surface area (Å²) in [5.74, 6) is -2.33.